The number of nitrogens with one attached hydrogen (secondary N) is 3. The van der Waals surface area contributed by atoms with E-state index in [1.807, 2.05) is 36.4 Å². The van der Waals surface area contributed by atoms with Crippen LogP contribution < -0.4 is 20.9 Å². The van der Waals surface area contributed by atoms with Gasteiger partial charge in [-0.3, -0.25) is 14.6 Å². The molecular weight excluding hydrogens is 1180 g/mol. The van der Waals surface area contributed by atoms with Crippen LogP contribution in [0.2, 0.25) is 0 Å². The lowest BCUT2D eigenvalue weighted by molar-refractivity contribution is -0.137. The van der Waals surface area contributed by atoms with E-state index < -0.39 is 17.6 Å². The van der Waals surface area contributed by atoms with Crippen molar-refractivity contribution >= 4 is 28.9 Å². The Hall–Kier alpha value is -6.16. The quantitative estimate of drug-likeness (QED) is 0.0310. The van der Waals surface area contributed by atoms with Gasteiger partial charge in [0.05, 0.1) is 163 Å². The number of nitrogens with zero attached hydrogens (tertiary/aromatic N) is 2. The number of aryl methyl sites for hydroxylation is 2. The van der Waals surface area contributed by atoms with Crippen molar-refractivity contribution in [3.8, 4) is 11.3 Å². The molecule has 504 valence electrons. The minimum atomic E-state index is -4.48. The van der Waals surface area contributed by atoms with Crippen LogP contribution in [0.1, 0.15) is 69.7 Å². The average molecular weight is 1280 g/mol. The van der Waals surface area contributed by atoms with Gasteiger partial charge in [-0.2, -0.15) is 13.2 Å². The molecule has 0 fully saturated rings. The molecule has 0 aliphatic rings. The first-order chi connectivity index (χ1) is 44.6. The highest BCUT2D eigenvalue weighted by Gasteiger charge is 2.30. The smallest absolute Gasteiger partial charge is 0.382 e. The number of amides is 2. The Morgan fingerprint density at radius 1 is 0.462 bits per heavy atom. The lowest BCUT2D eigenvalue weighted by Gasteiger charge is -2.23. The van der Waals surface area contributed by atoms with E-state index in [4.69, 9.17) is 61.6 Å². The van der Waals surface area contributed by atoms with Gasteiger partial charge in [0.25, 0.3) is 11.8 Å². The van der Waals surface area contributed by atoms with Crippen molar-refractivity contribution in [3.63, 3.8) is 0 Å². The van der Waals surface area contributed by atoms with Gasteiger partial charge in [0.2, 0.25) is 0 Å². The van der Waals surface area contributed by atoms with Crippen molar-refractivity contribution in [2.75, 3.05) is 202 Å². The molecule has 0 spiro atoms. The van der Waals surface area contributed by atoms with Crippen molar-refractivity contribution in [2.45, 2.75) is 52.3 Å². The van der Waals surface area contributed by atoms with Gasteiger partial charge in [-0.15, -0.1) is 0 Å². The van der Waals surface area contributed by atoms with E-state index in [1.165, 1.54) is 6.07 Å². The predicted molar refractivity (Wildman–Crippen MR) is 343 cm³/mol. The van der Waals surface area contributed by atoms with Crippen LogP contribution in [-0.2, 0) is 87.1 Å². The third-order valence-corrected chi connectivity index (χ3v) is 13.7. The largest absolute Gasteiger partial charge is 0.416 e. The molecule has 2 amide bonds. The second-order valence-corrected chi connectivity index (χ2v) is 20.5. The van der Waals surface area contributed by atoms with Crippen LogP contribution in [0.4, 0.5) is 30.2 Å². The Kier molecular flexibility index (Phi) is 39.6. The first-order valence-electron chi connectivity index (χ1n) is 31.5. The average Bonchev–Trinajstić information content (AvgIpc) is 1.06. The third-order valence-electron chi connectivity index (χ3n) is 13.7. The van der Waals surface area contributed by atoms with Crippen LogP contribution in [0.25, 0.3) is 11.3 Å². The molecule has 0 bridgehead atoms. The normalized spacial score (nSPS) is 11.5. The summed E-state index contributed by atoms with van der Waals surface area (Å²) in [4.78, 5) is 33.0. The summed E-state index contributed by atoms with van der Waals surface area (Å²) in [6, 6.07) is 30.1. The second kappa shape index (κ2) is 47.7. The van der Waals surface area contributed by atoms with Crippen molar-refractivity contribution in [1.29, 1.82) is 0 Å². The number of carbonyl (C=O) groups is 2. The van der Waals surface area contributed by atoms with Crippen molar-refractivity contribution in [3.05, 3.63) is 143 Å². The number of hydrogen-bond acceptors (Lipinski definition) is 18. The minimum absolute atomic E-state index is 0.0660. The lowest BCUT2D eigenvalue weighted by atomic mass is 10.0. The number of alkyl halides is 3. The van der Waals surface area contributed by atoms with Gasteiger partial charge in [-0.05, 0) is 123 Å². The van der Waals surface area contributed by atoms with Crippen LogP contribution in [0.5, 0.6) is 0 Å². The number of rotatable bonds is 54. The van der Waals surface area contributed by atoms with Crippen LogP contribution in [0.15, 0.2) is 109 Å². The first kappa shape index (κ1) is 75.6. The van der Waals surface area contributed by atoms with Crippen LogP contribution in [0, 0.1) is 0 Å². The zero-order valence-corrected chi connectivity index (χ0v) is 53.4. The fraction of sp³-hybridized carbons (Fsp3) is 0.544. The summed E-state index contributed by atoms with van der Waals surface area (Å²) >= 11 is 0. The number of anilines is 3. The summed E-state index contributed by atoms with van der Waals surface area (Å²) < 4.78 is 112. The maximum atomic E-state index is 13.3. The summed E-state index contributed by atoms with van der Waals surface area (Å²) in [5, 5.41) is 9.24. The molecule has 1 aromatic heterocycles. The van der Waals surface area contributed by atoms with Crippen LogP contribution in [-0.4, -0.2) is 209 Å². The third kappa shape index (κ3) is 33.3. The summed E-state index contributed by atoms with van der Waals surface area (Å²) in [6.07, 6.45) is 0.306. The molecule has 0 atom stereocenters. The molecule has 0 unspecified atom stereocenters. The van der Waals surface area contributed by atoms with Crippen LogP contribution >= 0.6 is 0 Å². The van der Waals surface area contributed by atoms with E-state index in [2.05, 4.69) is 63.9 Å². The molecule has 0 saturated carbocycles. The highest BCUT2D eigenvalue weighted by Crippen LogP contribution is 2.34. The van der Waals surface area contributed by atoms with E-state index in [-0.39, 0.29) is 12.5 Å². The maximum absolute atomic E-state index is 13.3. The Labute approximate surface area is 535 Å². The van der Waals surface area contributed by atoms with Gasteiger partial charge < -0.3 is 82.4 Å². The Morgan fingerprint density at radius 2 is 0.912 bits per heavy atom. The molecule has 0 aliphatic heterocycles. The van der Waals surface area contributed by atoms with Gasteiger partial charge in [0, 0.05) is 86.5 Å². The topological polar surface area (TPSA) is 206 Å². The number of hydrogen-bond donors (Lipinski definition) is 3. The Bertz CT molecular complexity index is 2730. The van der Waals surface area contributed by atoms with Gasteiger partial charge in [0.15, 0.2) is 0 Å². The molecule has 0 aliphatic carbocycles. The van der Waals surface area contributed by atoms with Crippen molar-refractivity contribution < 1.29 is 84.3 Å². The van der Waals surface area contributed by atoms with E-state index >= 15 is 0 Å². The summed E-state index contributed by atoms with van der Waals surface area (Å²) in [7, 11) is 1.64. The Balaban J connectivity index is 0.817. The molecule has 23 heteroatoms. The summed E-state index contributed by atoms with van der Waals surface area (Å²) in [5.74, 6) is -0.580. The van der Waals surface area contributed by atoms with Crippen LogP contribution in [0.3, 0.4) is 0 Å². The zero-order chi connectivity index (χ0) is 64.7. The molecule has 5 rings (SSSR count). The molecule has 5 aromatic rings. The minimum Gasteiger partial charge on any atom is -0.382 e. The monoisotopic (exact) mass is 1280 g/mol. The van der Waals surface area contributed by atoms with Crippen molar-refractivity contribution in [2.24, 2.45) is 0 Å². The highest BCUT2D eigenvalue weighted by molar-refractivity contribution is 5.96. The number of benzene rings is 4. The summed E-state index contributed by atoms with van der Waals surface area (Å²) in [6.45, 7) is 18.3. The number of halogens is 3. The predicted octanol–water partition coefficient (Wildman–Crippen LogP) is 9.43. The number of aromatic nitrogens is 1. The fourth-order valence-corrected chi connectivity index (χ4v) is 8.97. The summed E-state index contributed by atoms with van der Waals surface area (Å²) in [5.41, 5.74) is 6.73. The number of pyridine rings is 1. The van der Waals surface area contributed by atoms with Crippen molar-refractivity contribution in [1.82, 2.24) is 15.6 Å². The Morgan fingerprint density at radius 3 is 1.43 bits per heavy atom. The number of ether oxygens (including phenoxy) is 13. The molecule has 4 aromatic carbocycles. The van der Waals surface area contributed by atoms with E-state index in [1.54, 1.807) is 37.6 Å². The van der Waals surface area contributed by atoms with Gasteiger partial charge in [-0.25, -0.2) is 0 Å². The molecule has 20 nitrogen and oxygen atoms in total. The number of carbonyl (C=O) groups excluding carboxylic acids is 2. The fourth-order valence-electron chi connectivity index (χ4n) is 8.97. The SMILES string of the molecule is CCN(CC)c1ccc(Nc2cccc(CCCOCCOCCOCCOCCNC(=O)c3cccc(CCCOCCOCCOCCOCCOCCOCCOCCOCCOC)c3)c2)c(-c2cc(C(=O)NCc3cccc(C(F)(F)F)c3)ccn2)c1. The number of methoxy groups -OCH3 is 1. The second-order valence-electron chi connectivity index (χ2n) is 20.5. The standard InChI is InChI=1S/C68H96F3N5O15/c1-4-76(5-2)62-19-20-64(63(53-62)65-52-59(21-22-72-65)67(78)74-54-57-13-7-17-60(50-57)68(69,70)71)75-61-18-8-12-56(51-61)15-10-25-81-30-33-84-37-39-86-34-31-82-26-23-73-66(77)58-16-6-11-55(49-58)14-9-24-80-29-32-85-38-40-88-43-44-90-47-48-91-46-45-89-42-41-87-36-35-83-28-27-79-3/h6-8,11-13,16-22,49-53,75H,4-5,9-10,14-15,23-48,54H2,1-3H3,(H,73,77)(H,74,78). The molecule has 3 N–H and O–H groups in total. The van der Waals surface area contributed by atoms with E-state index in [0.29, 0.717) is 194 Å². The van der Waals surface area contributed by atoms with E-state index in [0.717, 1.165) is 84.7 Å². The molecule has 91 heavy (non-hydrogen) atoms. The molecular formula is C68H96F3N5O15. The first-order valence-corrected chi connectivity index (χ1v) is 31.5. The highest BCUT2D eigenvalue weighted by atomic mass is 19.4. The van der Waals surface area contributed by atoms with E-state index in [9.17, 15) is 22.8 Å². The molecule has 1 heterocycles. The van der Waals surface area contributed by atoms with Gasteiger partial charge in [0.1, 0.15) is 0 Å². The van der Waals surface area contributed by atoms with Gasteiger partial charge in [-0.1, -0.05) is 36.4 Å². The molecule has 0 saturated heterocycles. The van der Waals surface area contributed by atoms with Gasteiger partial charge >= 0.3 is 6.18 Å². The maximum Gasteiger partial charge on any atom is 0.416 e. The zero-order valence-electron chi connectivity index (χ0n) is 53.4. The lowest BCUT2D eigenvalue weighted by Crippen LogP contribution is -2.27. The molecule has 0 radical (unpaired) electrons.